The largest absolute Gasteiger partial charge is 0.462 e. The summed E-state index contributed by atoms with van der Waals surface area (Å²) in [5.74, 6) is -0.0674. The molecule has 2 rings (SSSR count). The molecular weight excluding hydrogens is 284 g/mol. The fourth-order valence-electron chi connectivity index (χ4n) is 1.79. The fourth-order valence-corrected chi connectivity index (χ4v) is 1.79. The van der Waals surface area contributed by atoms with E-state index in [9.17, 15) is 9.59 Å². The van der Waals surface area contributed by atoms with Crippen LogP contribution in [0.2, 0.25) is 0 Å². The molecule has 0 saturated carbocycles. The van der Waals surface area contributed by atoms with Crippen molar-refractivity contribution < 1.29 is 19.1 Å². The van der Waals surface area contributed by atoms with E-state index < -0.39 is 5.97 Å². The Balaban J connectivity index is 2.24. The van der Waals surface area contributed by atoms with Gasteiger partial charge < -0.3 is 14.8 Å². The van der Waals surface area contributed by atoms with Crippen LogP contribution in [0.25, 0.3) is 0 Å². The maximum atomic E-state index is 11.9. The lowest BCUT2D eigenvalue weighted by Gasteiger charge is -2.10. The van der Waals surface area contributed by atoms with Crippen molar-refractivity contribution >= 4 is 17.6 Å². The smallest absolute Gasteiger partial charge is 0.343 e. The number of ether oxygens (including phenoxy) is 2. The van der Waals surface area contributed by atoms with Gasteiger partial charge in [-0.2, -0.15) is 0 Å². The van der Waals surface area contributed by atoms with Crippen molar-refractivity contribution in [1.82, 2.24) is 4.98 Å². The van der Waals surface area contributed by atoms with E-state index in [0.29, 0.717) is 11.4 Å². The molecule has 0 unspecified atom stereocenters. The van der Waals surface area contributed by atoms with Crippen LogP contribution in [0.3, 0.4) is 0 Å². The number of amides is 1. The summed E-state index contributed by atoms with van der Waals surface area (Å²) in [5.41, 5.74) is 0.841. The summed E-state index contributed by atoms with van der Waals surface area (Å²) in [5, 5.41) is 2.66. The van der Waals surface area contributed by atoms with Crippen LogP contribution in [0.1, 0.15) is 24.2 Å². The molecule has 6 nitrogen and oxygen atoms in total. The number of pyridine rings is 1. The number of nitrogens with zero attached hydrogens (tertiary/aromatic N) is 1. The third kappa shape index (κ3) is 4.05. The minimum absolute atomic E-state index is 0.154. The lowest BCUT2D eigenvalue weighted by Crippen LogP contribution is -2.08. The highest BCUT2D eigenvalue weighted by molar-refractivity contribution is 5.92. The number of anilines is 1. The summed E-state index contributed by atoms with van der Waals surface area (Å²) >= 11 is 0. The topological polar surface area (TPSA) is 77.5 Å². The molecule has 0 atom stereocenters. The molecule has 0 spiro atoms. The highest BCUT2D eigenvalue weighted by Gasteiger charge is 2.15. The van der Waals surface area contributed by atoms with Crippen LogP contribution in [-0.4, -0.2) is 23.5 Å². The summed E-state index contributed by atoms with van der Waals surface area (Å²) < 4.78 is 10.6. The number of benzene rings is 1. The van der Waals surface area contributed by atoms with Crippen molar-refractivity contribution in [2.75, 3.05) is 11.9 Å². The molecule has 22 heavy (non-hydrogen) atoms. The van der Waals surface area contributed by atoms with Crippen molar-refractivity contribution in [2.45, 2.75) is 13.8 Å². The van der Waals surface area contributed by atoms with Gasteiger partial charge in [-0.05, 0) is 31.2 Å². The Kier molecular flexibility index (Phi) is 5.08. The van der Waals surface area contributed by atoms with E-state index >= 15 is 0 Å². The number of hydrogen-bond donors (Lipinski definition) is 1. The second kappa shape index (κ2) is 7.21. The Morgan fingerprint density at radius 2 is 2.05 bits per heavy atom. The van der Waals surface area contributed by atoms with Gasteiger partial charge in [-0.1, -0.05) is 6.07 Å². The lowest BCUT2D eigenvalue weighted by atomic mass is 10.2. The third-order valence-electron chi connectivity index (χ3n) is 2.64. The molecule has 0 saturated heterocycles. The fraction of sp³-hybridized carbons (Fsp3) is 0.188. The molecule has 0 aliphatic rings. The summed E-state index contributed by atoms with van der Waals surface area (Å²) in [4.78, 5) is 27.0. The summed E-state index contributed by atoms with van der Waals surface area (Å²) in [7, 11) is 0. The van der Waals surface area contributed by atoms with E-state index in [1.807, 2.05) is 0 Å². The number of carbonyl (C=O) groups excluding carboxylic acids is 2. The highest BCUT2D eigenvalue weighted by Crippen LogP contribution is 2.25. The Morgan fingerprint density at radius 1 is 1.23 bits per heavy atom. The Morgan fingerprint density at radius 3 is 2.77 bits per heavy atom. The van der Waals surface area contributed by atoms with Gasteiger partial charge in [0.05, 0.1) is 6.61 Å². The van der Waals surface area contributed by atoms with E-state index in [1.165, 1.54) is 13.1 Å². The number of rotatable bonds is 5. The lowest BCUT2D eigenvalue weighted by molar-refractivity contribution is -0.114. The molecule has 0 fully saturated rings. The monoisotopic (exact) mass is 300 g/mol. The number of aromatic nitrogens is 1. The molecule has 0 aliphatic heterocycles. The zero-order chi connectivity index (χ0) is 15.9. The maximum Gasteiger partial charge on any atom is 0.343 e. The zero-order valence-electron chi connectivity index (χ0n) is 12.3. The van der Waals surface area contributed by atoms with Gasteiger partial charge in [0, 0.05) is 24.9 Å². The predicted molar refractivity (Wildman–Crippen MR) is 81.0 cm³/mol. The van der Waals surface area contributed by atoms with Gasteiger partial charge in [-0.25, -0.2) is 9.78 Å². The highest BCUT2D eigenvalue weighted by atomic mass is 16.5. The molecule has 114 valence electrons. The van der Waals surface area contributed by atoms with Gasteiger partial charge in [0.2, 0.25) is 11.8 Å². The van der Waals surface area contributed by atoms with Gasteiger partial charge in [-0.15, -0.1) is 0 Å². The molecule has 1 aromatic heterocycles. The third-order valence-corrected chi connectivity index (χ3v) is 2.64. The first kappa shape index (κ1) is 15.5. The van der Waals surface area contributed by atoms with Crippen molar-refractivity contribution in [3.05, 3.63) is 48.2 Å². The number of nitrogens with one attached hydrogen (secondary N) is 1. The normalized spacial score (nSPS) is 9.91. The molecule has 1 heterocycles. The Labute approximate surface area is 128 Å². The molecule has 6 heteroatoms. The Bertz CT molecular complexity index is 685. The quantitative estimate of drug-likeness (QED) is 0.859. The van der Waals surface area contributed by atoms with Crippen LogP contribution in [0, 0.1) is 0 Å². The van der Waals surface area contributed by atoms with Crippen molar-refractivity contribution in [3.63, 3.8) is 0 Å². The van der Waals surface area contributed by atoms with Gasteiger partial charge in [-0.3, -0.25) is 4.79 Å². The van der Waals surface area contributed by atoms with E-state index in [4.69, 9.17) is 9.47 Å². The minimum Gasteiger partial charge on any atom is -0.462 e. The number of carbonyl (C=O) groups is 2. The van der Waals surface area contributed by atoms with E-state index in [1.54, 1.807) is 43.3 Å². The van der Waals surface area contributed by atoms with Crippen LogP contribution in [0.15, 0.2) is 42.6 Å². The van der Waals surface area contributed by atoms with Crippen molar-refractivity contribution in [2.24, 2.45) is 0 Å². The maximum absolute atomic E-state index is 11.9. The van der Waals surface area contributed by atoms with Crippen molar-refractivity contribution in [1.29, 1.82) is 0 Å². The first-order valence-electron chi connectivity index (χ1n) is 6.77. The van der Waals surface area contributed by atoms with Gasteiger partial charge in [0.15, 0.2) is 0 Å². The van der Waals surface area contributed by atoms with Crippen LogP contribution >= 0.6 is 0 Å². The zero-order valence-corrected chi connectivity index (χ0v) is 12.3. The standard InChI is InChI=1S/C16H16N2O4/c1-3-21-16(20)14-8-5-9-17-15(14)22-13-7-4-6-12(10-13)18-11(2)19/h4-10H,3H2,1-2H3,(H,18,19). The summed E-state index contributed by atoms with van der Waals surface area (Å²) in [6.45, 7) is 3.42. The summed E-state index contributed by atoms with van der Waals surface area (Å²) in [6, 6.07) is 10.0. The first-order valence-corrected chi connectivity index (χ1v) is 6.77. The molecule has 0 bridgehead atoms. The van der Waals surface area contributed by atoms with E-state index in [0.717, 1.165) is 0 Å². The van der Waals surface area contributed by atoms with E-state index in [2.05, 4.69) is 10.3 Å². The SMILES string of the molecule is CCOC(=O)c1cccnc1Oc1cccc(NC(C)=O)c1. The average Bonchev–Trinajstić information content (AvgIpc) is 2.47. The molecule has 1 N–H and O–H groups in total. The Hall–Kier alpha value is -2.89. The second-order valence-electron chi connectivity index (χ2n) is 4.39. The predicted octanol–water partition coefficient (Wildman–Crippen LogP) is 3.01. The first-order chi connectivity index (χ1) is 10.6. The van der Waals surface area contributed by atoms with E-state index in [-0.39, 0.29) is 24.0 Å². The summed E-state index contributed by atoms with van der Waals surface area (Å²) in [6.07, 6.45) is 1.52. The average molecular weight is 300 g/mol. The molecular formula is C16H16N2O4. The molecule has 0 radical (unpaired) electrons. The van der Waals surface area contributed by atoms with Gasteiger partial charge in [0.25, 0.3) is 0 Å². The second-order valence-corrected chi connectivity index (χ2v) is 4.39. The number of esters is 1. The molecule has 1 aromatic carbocycles. The van der Waals surface area contributed by atoms with Gasteiger partial charge in [0.1, 0.15) is 11.3 Å². The molecule has 1 amide bonds. The van der Waals surface area contributed by atoms with Crippen molar-refractivity contribution in [3.8, 4) is 11.6 Å². The minimum atomic E-state index is -0.497. The molecule has 2 aromatic rings. The van der Waals surface area contributed by atoms with Crippen LogP contribution < -0.4 is 10.1 Å². The number of hydrogen-bond acceptors (Lipinski definition) is 5. The van der Waals surface area contributed by atoms with Gasteiger partial charge >= 0.3 is 5.97 Å². The van der Waals surface area contributed by atoms with Crippen LogP contribution in [0.4, 0.5) is 5.69 Å². The van der Waals surface area contributed by atoms with Crippen LogP contribution in [-0.2, 0) is 9.53 Å². The van der Waals surface area contributed by atoms with Crippen LogP contribution in [0.5, 0.6) is 11.6 Å². The molecule has 0 aliphatic carbocycles.